The second-order valence-corrected chi connectivity index (χ2v) is 6.70. The van der Waals surface area contributed by atoms with Crippen LogP contribution < -0.4 is 11.2 Å². The van der Waals surface area contributed by atoms with Crippen molar-refractivity contribution < 1.29 is 4.74 Å². The molecular weight excluding hydrogens is 310 g/mol. The van der Waals surface area contributed by atoms with Crippen molar-refractivity contribution in [2.24, 2.45) is 14.1 Å². The van der Waals surface area contributed by atoms with Gasteiger partial charge in [0.25, 0.3) is 5.56 Å². The fraction of sp³-hybridized carbons (Fsp3) is 0.688. The van der Waals surface area contributed by atoms with Gasteiger partial charge in [-0.2, -0.15) is 0 Å². The van der Waals surface area contributed by atoms with Crippen molar-refractivity contribution in [3.05, 3.63) is 27.2 Å². The molecule has 2 atom stereocenters. The van der Waals surface area contributed by atoms with Crippen LogP contribution in [0.2, 0.25) is 0 Å². The predicted octanol–water partition coefficient (Wildman–Crippen LogP) is -0.0670. The highest BCUT2D eigenvalue weighted by atomic mass is 16.5. The van der Waals surface area contributed by atoms with Crippen LogP contribution >= 0.6 is 0 Å². The van der Waals surface area contributed by atoms with Crippen molar-refractivity contribution in [3.63, 3.8) is 0 Å². The first kappa shape index (κ1) is 16.9. The molecule has 0 N–H and O–H groups in total. The summed E-state index contributed by atoms with van der Waals surface area (Å²) in [6.45, 7) is 7.16. The Labute approximate surface area is 140 Å². The van der Waals surface area contributed by atoms with Gasteiger partial charge in [-0.25, -0.2) is 9.78 Å². The van der Waals surface area contributed by atoms with Gasteiger partial charge in [-0.1, -0.05) is 0 Å². The van der Waals surface area contributed by atoms with E-state index in [0.29, 0.717) is 17.7 Å². The Morgan fingerprint density at radius 1 is 1.17 bits per heavy atom. The molecule has 0 amide bonds. The number of morpholine rings is 1. The van der Waals surface area contributed by atoms with E-state index in [-0.39, 0.29) is 23.5 Å². The summed E-state index contributed by atoms with van der Waals surface area (Å²) in [6, 6.07) is 0. The highest BCUT2D eigenvalue weighted by molar-refractivity contribution is 5.69. The number of imidazole rings is 1. The minimum absolute atomic E-state index is 0.218. The molecule has 3 heterocycles. The van der Waals surface area contributed by atoms with Crippen molar-refractivity contribution in [1.82, 2.24) is 23.6 Å². The number of aryl methyl sites for hydroxylation is 2. The largest absolute Gasteiger partial charge is 0.373 e. The van der Waals surface area contributed by atoms with E-state index in [9.17, 15) is 9.59 Å². The Morgan fingerprint density at radius 3 is 2.50 bits per heavy atom. The van der Waals surface area contributed by atoms with Gasteiger partial charge >= 0.3 is 5.69 Å². The van der Waals surface area contributed by atoms with Crippen LogP contribution in [-0.4, -0.2) is 55.4 Å². The molecule has 24 heavy (non-hydrogen) atoms. The number of ether oxygens (including phenoxy) is 1. The lowest BCUT2D eigenvalue weighted by molar-refractivity contribution is -0.0682. The van der Waals surface area contributed by atoms with E-state index < -0.39 is 0 Å². The molecule has 1 saturated heterocycles. The molecule has 0 aromatic carbocycles. The smallest absolute Gasteiger partial charge is 0.332 e. The van der Waals surface area contributed by atoms with Crippen LogP contribution in [0.15, 0.2) is 15.9 Å². The Morgan fingerprint density at radius 2 is 1.83 bits per heavy atom. The van der Waals surface area contributed by atoms with E-state index in [2.05, 4.69) is 23.7 Å². The third-order valence-electron chi connectivity index (χ3n) is 4.55. The van der Waals surface area contributed by atoms with Gasteiger partial charge in [-0.3, -0.25) is 18.8 Å². The number of rotatable bonds is 4. The summed E-state index contributed by atoms with van der Waals surface area (Å²) < 4.78 is 10.2. The first-order valence-electron chi connectivity index (χ1n) is 8.37. The Hall–Kier alpha value is -1.93. The number of nitrogens with zero attached hydrogens (tertiary/aromatic N) is 5. The zero-order valence-electron chi connectivity index (χ0n) is 14.7. The quantitative estimate of drug-likeness (QED) is 0.782. The van der Waals surface area contributed by atoms with Crippen LogP contribution in [0.3, 0.4) is 0 Å². The summed E-state index contributed by atoms with van der Waals surface area (Å²) in [6.07, 6.45) is 2.75. The topological polar surface area (TPSA) is 74.3 Å². The highest BCUT2D eigenvalue weighted by Crippen LogP contribution is 2.11. The maximum atomic E-state index is 12.6. The second kappa shape index (κ2) is 6.52. The van der Waals surface area contributed by atoms with Gasteiger partial charge in [0.05, 0.1) is 18.5 Å². The molecule has 0 radical (unpaired) electrons. The Kier molecular flexibility index (Phi) is 4.60. The standard InChI is InChI=1S/C16H25N5O3/c1-11-8-20(9-12(2)24-11)6-5-7-21-15(22)13-14(17-10-18(13)3)19(4)16(21)23/h10-12H,5-9H2,1-4H3/t11-,12+. The molecule has 132 valence electrons. The molecule has 0 spiro atoms. The molecule has 0 aliphatic carbocycles. The summed E-state index contributed by atoms with van der Waals surface area (Å²) in [7, 11) is 3.42. The molecule has 3 rings (SSSR count). The maximum absolute atomic E-state index is 12.6. The molecule has 0 saturated carbocycles. The summed E-state index contributed by atoms with van der Waals surface area (Å²) in [5.74, 6) is 0. The molecule has 1 fully saturated rings. The Balaban J connectivity index is 1.77. The van der Waals surface area contributed by atoms with Crippen LogP contribution in [0.1, 0.15) is 20.3 Å². The first-order chi connectivity index (χ1) is 11.4. The first-order valence-corrected chi connectivity index (χ1v) is 8.37. The SMILES string of the molecule is C[C@@H]1CN(CCCn2c(=O)c3c(ncn3C)n(C)c2=O)C[C@H](C)O1. The third-order valence-corrected chi connectivity index (χ3v) is 4.55. The van der Waals surface area contributed by atoms with Crippen molar-refractivity contribution in [1.29, 1.82) is 0 Å². The molecule has 2 aromatic heterocycles. The van der Waals surface area contributed by atoms with Crippen molar-refractivity contribution in [3.8, 4) is 0 Å². The zero-order valence-corrected chi connectivity index (χ0v) is 14.7. The minimum atomic E-state index is -0.310. The van der Waals surface area contributed by atoms with E-state index >= 15 is 0 Å². The lowest BCUT2D eigenvalue weighted by Gasteiger charge is -2.35. The molecule has 8 heteroatoms. The van der Waals surface area contributed by atoms with E-state index in [0.717, 1.165) is 26.1 Å². The van der Waals surface area contributed by atoms with E-state index in [4.69, 9.17) is 4.74 Å². The molecule has 0 unspecified atom stereocenters. The second-order valence-electron chi connectivity index (χ2n) is 6.70. The summed E-state index contributed by atoms with van der Waals surface area (Å²) in [5.41, 5.74) is 0.317. The molecular formula is C16H25N5O3. The van der Waals surface area contributed by atoms with Gasteiger partial charge in [0.2, 0.25) is 0 Å². The van der Waals surface area contributed by atoms with Crippen molar-refractivity contribution in [2.45, 2.75) is 39.0 Å². The summed E-state index contributed by atoms with van der Waals surface area (Å²) in [4.78, 5) is 31.5. The number of aromatic nitrogens is 4. The average Bonchev–Trinajstić information content (AvgIpc) is 2.89. The van der Waals surface area contributed by atoms with Gasteiger partial charge in [0, 0.05) is 40.3 Å². The van der Waals surface area contributed by atoms with Gasteiger partial charge in [-0.15, -0.1) is 0 Å². The molecule has 8 nitrogen and oxygen atoms in total. The van der Waals surface area contributed by atoms with E-state index in [1.165, 1.54) is 9.13 Å². The van der Waals surface area contributed by atoms with Crippen LogP contribution in [0.4, 0.5) is 0 Å². The fourth-order valence-electron chi connectivity index (χ4n) is 3.51. The van der Waals surface area contributed by atoms with Gasteiger partial charge in [-0.05, 0) is 20.3 Å². The minimum Gasteiger partial charge on any atom is -0.373 e. The predicted molar refractivity (Wildman–Crippen MR) is 91.3 cm³/mol. The van der Waals surface area contributed by atoms with E-state index in [1.807, 2.05) is 0 Å². The molecule has 1 aliphatic heterocycles. The number of hydrogen-bond donors (Lipinski definition) is 0. The maximum Gasteiger partial charge on any atom is 0.332 e. The summed E-state index contributed by atoms with van der Waals surface area (Å²) >= 11 is 0. The van der Waals surface area contributed by atoms with Gasteiger partial charge in [0.15, 0.2) is 11.2 Å². The zero-order chi connectivity index (χ0) is 17.4. The third kappa shape index (κ3) is 3.03. The van der Waals surface area contributed by atoms with Crippen LogP contribution in [-0.2, 0) is 25.4 Å². The normalized spacial score (nSPS) is 22.3. The Bertz CT molecular complexity index is 840. The van der Waals surface area contributed by atoms with E-state index in [1.54, 1.807) is 25.0 Å². The lowest BCUT2D eigenvalue weighted by atomic mass is 10.2. The van der Waals surface area contributed by atoms with Gasteiger partial charge < -0.3 is 9.30 Å². The summed E-state index contributed by atoms with van der Waals surface area (Å²) in [5, 5.41) is 0. The van der Waals surface area contributed by atoms with Crippen molar-refractivity contribution >= 4 is 11.2 Å². The molecule has 2 aromatic rings. The number of hydrogen-bond acceptors (Lipinski definition) is 5. The lowest BCUT2D eigenvalue weighted by Crippen LogP contribution is -2.46. The molecule has 0 bridgehead atoms. The van der Waals surface area contributed by atoms with Crippen molar-refractivity contribution in [2.75, 3.05) is 19.6 Å². The number of fused-ring (bicyclic) bond motifs is 1. The fourth-order valence-corrected chi connectivity index (χ4v) is 3.51. The average molecular weight is 335 g/mol. The molecule has 1 aliphatic rings. The highest BCUT2D eigenvalue weighted by Gasteiger charge is 2.22. The van der Waals surface area contributed by atoms with Gasteiger partial charge in [0.1, 0.15) is 0 Å². The van der Waals surface area contributed by atoms with Crippen LogP contribution in [0.5, 0.6) is 0 Å². The van der Waals surface area contributed by atoms with Crippen LogP contribution in [0, 0.1) is 0 Å². The van der Waals surface area contributed by atoms with Crippen LogP contribution in [0.25, 0.3) is 11.2 Å². The monoisotopic (exact) mass is 335 g/mol.